The highest BCUT2D eigenvalue weighted by Gasteiger charge is 1.70. The third-order valence-corrected chi connectivity index (χ3v) is 0. The molecule has 0 spiro atoms. The molecule has 6 heteroatoms. The van der Waals surface area contributed by atoms with Crippen LogP contribution in [0.5, 0.6) is 0 Å². The van der Waals surface area contributed by atoms with Crippen LogP contribution in [-0.4, -0.2) is 20.8 Å². The monoisotopic (exact) mass is 156 g/mol. The summed E-state index contributed by atoms with van der Waals surface area (Å²) in [6.45, 7) is 0. The Labute approximate surface area is 56.3 Å². The van der Waals surface area contributed by atoms with E-state index in [-0.39, 0.29) is 0 Å². The fraction of sp³-hybridized carbons (Fsp3) is 0. The summed E-state index contributed by atoms with van der Waals surface area (Å²) in [5.41, 5.74) is 0. The van der Waals surface area contributed by atoms with Crippen LogP contribution >= 0.6 is 25.3 Å². The minimum absolute atomic E-state index is 0.444. The Hall–Kier alpha value is -0.360. The van der Waals surface area contributed by atoms with Gasteiger partial charge in [0.25, 0.3) is 0 Å². The van der Waals surface area contributed by atoms with Crippen LogP contribution in [0.25, 0.3) is 0 Å². The second-order valence-corrected chi connectivity index (χ2v) is 1.73. The Kier molecular flexibility index (Phi) is 8.79. The lowest BCUT2D eigenvalue weighted by Crippen LogP contribution is -1.81. The number of carbonyl (C=O) groups excluding carboxylic acids is 1. The first-order valence-corrected chi connectivity index (χ1v) is 2.20. The zero-order chi connectivity index (χ0) is 7.15. The average Bonchev–Trinajstić information content (AvgIpc) is 1.25. The van der Waals surface area contributed by atoms with Crippen LogP contribution in [0.1, 0.15) is 0 Å². The van der Waals surface area contributed by atoms with Crippen molar-refractivity contribution < 1.29 is 19.8 Å². The Morgan fingerprint density at radius 2 is 1.12 bits per heavy atom. The van der Waals surface area contributed by atoms with Crippen molar-refractivity contribution in [2.24, 2.45) is 0 Å². The summed E-state index contributed by atoms with van der Waals surface area (Å²) in [4.78, 5) is 17.7. The van der Waals surface area contributed by atoms with E-state index in [1.807, 2.05) is 0 Å². The molecule has 4 nitrogen and oxygen atoms in total. The summed E-state index contributed by atoms with van der Waals surface area (Å²) in [6, 6.07) is 0. The van der Waals surface area contributed by atoms with Gasteiger partial charge in [-0.15, -0.1) is 0 Å². The number of rotatable bonds is 0. The molecular weight excluding hydrogens is 152 g/mol. The lowest BCUT2D eigenvalue weighted by molar-refractivity contribution is 0.137. The number of hydrogen-bond donors (Lipinski definition) is 4. The van der Waals surface area contributed by atoms with E-state index in [1.54, 1.807) is 0 Å². The van der Waals surface area contributed by atoms with Crippen molar-refractivity contribution in [2.75, 3.05) is 0 Å². The van der Waals surface area contributed by atoms with Gasteiger partial charge < -0.3 is 10.2 Å². The molecule has 0 saturated carbocycles. The molecular formula is C2H4O4S2. The van der Waals surface area contributed by atoms with Gasteiger partial charge in [0.05, 0.1) is 0 Å². The van der Waals surface area contributed by atoms with Crippen molar-refractivity contribution >= 4 is 35.9 Å². The zero-order valence-corrected chi connectivity index (χ0v) is 5.39. The largest absolute Gasteiger partial charge is 0.503 e. The molecule has 0 aromatic rings. The standard InChI is InChI=1S/CH2O3.CH2OS2/c2*2-1(3)4/h2*(H2,2,3,4). The Bertz CT molecular complexity index is 70.0. The van der Waals surface area contributed by atoms with Crippen molar-refractivity contribution in [1.29, 1.82) is 0 Å². The molecule has 0 bridgehead atoms. The van der Waals surface area contributed by atoms with Gasteiger partial charge in [-0.25, -0.2) is 4.79 Å². The molecule has 0 aromatic carbocycles. The number of carbonyl (C=O) groups is 2. The minimum Gasteiger partial charge on any atom is -0.450 e. The Morgan fingerprint density at radius 3 is 1.12 bits per heavy atom. The van der Waals surface area contributed by atoms with Gasteiger partial charge in [-0.05, 0) is 0 Å². The van der Waals surface area contributed by atoms with Crippen LogP contribution in [0.4, 0.5) is 9.59 Å². The Balaban J connectivity index is 0. The summed E-state index contributed by atoms with van der Waals surface area (Å²) in [5, 5.41) is 13.9. The zero-order valence-electron chi connectivity index (χ0n) is 3.61. The molecule has 0 amide bonds. The van der Waals surface area contributed by atoms with Gasteiger partial charge in [0.1, 0.15) is 0 Å². The quantitative estimate of drug-likeness (QED) is 0.397. The fourth-order valence-electron chi connectivity index (χ4n) is 0. The van der Waals surface area contributed by atoms with E-state index in [0.717, 1.165) is 0 Å². The topological polar surface area (TPSA) is 74.6 Å². The molecule has 0 fully saturated rings. The summed E-state index contributed by atoms with van der Waals surface area (Å²) in [6.07, 6.45) is -1.83. The van der Waals surface area contributed by atoms with E-state index in [4.69, 9.17) is 15.0 Å². The van der Waals surface area contributed by atoms with E-state index >= 15 is 0 Å². The molecule has 2 N–H and O–H groups in total. The van der Waals surface area contributed by atoms with Crippen LogP contribution in [0.15, 0.2) is 0 Å². The number of carboxylic acid groups (broad SMARTS) is 2. The van der Waals surface area contributed by atoms with Crippen LogP contribution in [0.2, 0.25) is 0 Å². The van der Waals surface area contributed by atoms with Gasteiger partial charge in [-0.3, -0.25) is 4.79 Å². The van der Waals surface area contributed by atoms with Crippen LogP contribution in [0, 0.1) is 0 Å². The number of hydrogen-bond acceptors (Lipinski definition) is 2. The van der Waals surface area contributed by atoms with E-state index in [2.05, 4.69) is 25.3 Å². The smallest absolute Gasteiger partial charge is 0.450 e. The highest BCUT2D eigenvalue weighted by atomic mass is 32.2. The molecule has 0 unspecified atom stereocenters. The molecule has 0 rings (SSSR count). The second-order valence-electron chi connectivity index (χ2n) is 0.565. The molecule has 48 valence electrons. The van der Waals surface area contributed by atoms with Crippen LogP contribution in [0.3, 0.4) is 0 Å². The van der Waals surface area contributed by atoms with E-state index in [0.29, 0.717) is 0 Å². The molecule has 8 heavy (non-hydrogen) atoms. The first-order valence-electron chi connectivity index (χ1n) is 1.30. The SMILES string of the molecule is O=C(O)O.O=C(S)S. The minimum atomic E-state index is -1.83. The molecule has 0 aliphatic carbocycles. The van der Waals surface area contributed by atoms with Gasteiger partial charge in [0.2, 0.25) is 4.45 Å². The summed E-state index contributed by atoms with van der Waals surface area (Å²) in [5.74, 6) is 0. The van der Waals surface area contributed by atoms with Crippen molar-refractivity contribution in [3.05, 3.63) is 0 Å². The number of thiol groups is 2. The van der Waals surface area contributed by atoms with Crippen molar-refractivity contribution in [3.63, 3.8) is 0 Å². The molecule has 0 aliphatic heterocycles. The lowest BCUT2D eigenvalue weighted by atomic mass is 11.5. The third kappa shape index (κ3) is 937. The third-order valence-electron chi connectivity index (χ3n) is 0. The Morgan fingerprint density at radius 1 is 1.12 bits per heavy atom. The van der Waals surface area contributed by atoms with Crippen LogP contribution in [-0.2, 0) is 0 Å². The van der Waals surface area contributed by atoms with E-state index < -0.39 is 10.6 Å². The van der Waals surface area contributed by atoms with Gasteiger partial charge in [0, 0.05) is 0 Å². The summed E-state index contributed by atoms with van der Waals surface area (Å²) < 4.78 is -0.444. The predicted molar refractivity (Wildman–Crippen MR) is 34.0 cm³/mol. The maximum absolute atomic E-state index is 9.17. The van der Waals surface area contributed by atoms with Crippen molar-refractivity contribution in [3.8, 4) is 0 Å². The highest BCUT2D eigenvalue weighted by molar-refractivity contribution is 8.23. The van der Waals surface area contributed by atoms with Gasteiger partial charge in [0.15, 0.2) is 0 Å². The normalized spacial score (nSPS) is 6.25. The summed E-state index contributed by atoms with van der Waals surface area (Å²) in [7, 11) is 0. The molecule has 0 aliphatic rings. The van der Waals surface area contributed by atoms with Crippen molar-refractivity contribution in [1.82, 2.24) is 0 Å². The van der Waals surface area contributed by atoms with E-state index in [1.165, 1.54) is 0 Å². The summed E-state index contributed by atoms with van der Waals surface area (Å²) >= 11 is 6.38. The first-order chi connectivity index (χ1) is 3.46. The van der Waals surface area contributed by atoms with Crippen molar-refractivity contribution in [2.45, 2.75) is 0 Å². The van der Waals surface area contributed by atoms with Gasteiger partial charge in [-0.1, -0.05) is 25.3 Å². The first kappa shape index (κ1) is 10.6. The predicted octanol–water partition coefficient (Wildman–Crippen LogP) is 1.19. The molecule has 0 aromatic heterocycles. The maximum Gasteiger partial charge on any atom is 0.503 e. The van der Waals surface area contributed by atoms with Gasteiger partial charge in [-0.2, -0.15) is 0 Å². The fourth-order valence-corrected chi connectivity index (χ4v) is 0. The van der Waals surface area contributed by atoms with Gasteiger partial charge >= 0.3 is 6.16 Å². The lowest BCUT2D eigenvalue weighted by Gasteiger charge is -1.60. The molecule has 0 heterocycles. The second kappa shape index (κ2) is 6.64. The molecule has 0 atom stereocenters. The van der Waals surface area contributed by atoms with Crippen LogP contribution < -0.4 is 0 Å². The average molecular weight is 156 g/mol. The molecule has 0 radical (unpaired) electrons. The highest BCUT2D eigenvalue weighted by Crippen LogP contribution is 1.81. The molecule has 0 saturated heterocycles. The van der Waals surface area contributed by atoms with E-state index in [9.17, 15) is 4.79 Å². The maximum atomic E-state index is 9.17.